The highest BCUT2D eigenvalue weighted by Crippen LogP contribution is 2.19. The van der Waals surface area contributed by atoms with Gasteiger partial charge in [0, 0.05) is 0 Å². The number of nitrogens with one attached hydrogen (secondary N) is 1. The first-order chi connectivity index (χ1) is 8.79. The zero-order valence-electron chi connectivity index (χ0n) is 10.8. The molecule has 0 aliphatic rings. The number of hydrogen-bond donors (Lipinski definition) is 1. The normalized spacial score (nSPS) is 11.0. The monoisotopic (exact) mass is 237 g/mol. The van der Waals surface area contributed by atoms with Crippen molar-refractivity contribution in [1.29, 1.82) is 0 Å². The van der Waals surface area contributed by atoms with Crippen LogP contribution in [0.3, 0.4) is 0 Å². The summed E-state index contributed by atoms with van der Waals surface area (Å²) in [7, 11) is 0. The molecule has 3 rings (SSSR count). The van der Waals surface area contributed by atoms with Gasteiger partial charge in [-0.15, -0.1) is 0 Å². The summed E-state index contributed by atoms with van der Waals surface area (Å²) in [5.41, 5.74) is 4.98. The fourth-order valence-electron chi connectivity index (χ4n) is 2.48. The number of nitrogens with zero attached hydrogens (tertiary/aromatic N) is 1. The van der Waals surface area contributed by atoms with E-state index >= 15 is 0 Å². The Morgan fingerprint density at radius 1 is 1.06 bits per heavy atom. The topological polar surface area (TPSA) is 19.7 Å². The van der Waals surface area contributed by atoms with Crippen LogP contribution in [0.25, 0.3) is 22.4 Å². The van der Waals surface area contributed by atoms with E-state index in [-0.39, 0.29) is 0 Å². The van der Waals surface area contributed by atoms with Crippen LogP contribution in [0.1, 0.15) is 12.5 Å². The molecule has 3 aromatic rings. The van der Waals surface area contributed by atoms with E-state index in [2.05, 4.69) is 71.9 Å². The minimum absolute atomic E-state index is 0.966. The largest absolute Gasteiger partial charge is 0.287 e. The average Bonchev–Trinajstić information content (AvgIpc) is 2.77. The Bertz CT molecular complexity index is 695. The summed E-state index contributed by atoms with van der Waals surface area (Å²) < 4.78 is 2.32. The van der Waals surface area contributed by atoms with E-state index in [0.717, 1.165) is 6.54 Å². The summed E-state index contributed by atoms with van der Waals surface area (Å²) in [4.78, 5) is 3.52. The van der Waals surface area contributed by atoms with Gasteiger partial charge in [0.1, 0.15) is 0 Å². The first kappa shape index (κ1) is 11.0. The Morgan fingerprint density at radius 3 is 2.67 bits per heavy atom. The van der Waals surface area contributed by atoms with Crippen molar-refractivity contribution < 1.29 is 4.57 Å². The van der Waals surface area contributed by atoms with Crippen molar-refractivity contribution in [2.24, 2.45) is 0 Å². The number of benzene rings is 2. The molecule has 0 aliphatic carbocycles. The highest BCUT2D eigenvalue weighted by Gasteiger charge is 2.18. The van der Waals surface area contributed by atoms with Gasteiger partial charge in [-0.3, -0.25) is 0 Å². The standard InChI is InChI=1S/C16H16N2/c1-3-18-15-10-5-4-9-14(15)17-16(18)13-8-6-7-12(2)11-13/h4-11H,3H2,1-2H3/p+1. The molecule has 0 saturated heterocycles. The third-order valence-corrected chi connectivity index (χ3v) is 3.33. The molecule has 2 nitrogen and oxygen atoms in total. The van der Waals surface area contributed by atoms with Crippen LogP contribution in [-0.4, -0.2) is 4.98 Å². The molecule has 1 N–H and O–H groups in total. The lowest BCUT2D eigenvalue weighted by molar-refractivity contribution is -0.656. The van der Waals surface area contributed by atoms with Gasteiger partial charge >= 0.3 is 0 Å². The Hall–Kier alpha value is -2.09. The van der Waals surface area contributed by atoms with Gasteiger partial charge in [0.15, 0.2) is 11.0 Å². The molecule has 0 spiro atoms. The molecule has 0 radical (unpaired) electrons. The lowest BCUT2D eigenvalue weighted by Gasteiger charge is -1.99. The van der Waals surface area contributed by atoms with Crippen molar-refractivity contribution in [1.82, 2.24) is 4.98 Å². The van der Waals surface area contributed by atoms with Gasteiger partial charge in [0.05, 0.1) is 12.1 Å². The summed E-state index contributed by atoms with van der Waals surface area (Å²) in [6.45, 7) is 5.27. The minimum atomic E-state index is 0.966. The molecular formula is C16H17N2+. The van der Waals surface area contributed by atoms with E-state index < -0.39 is 0 Å². The maximum absolute atomic E-state index is 3.52. The lowest BCUT2D eigenvalue weighted by Crippen LogP contribution is -2.33. The highest BCUT2D eigenvalue weighted by atomic mass is 15.1. The molecule has 0 amide bonds. The van der Waals surface area contributed by atoms with E-state index in [1.807, 2.05) is 0 Å². The molecule has 0 atom stereocenters. The predicted octanol–water partition coefficient (Wildman–Crippen LogP) is 3.45. The first-order valence-corrected chi connectivity index (χ1v) is 6.37. The summed E-state index contributed by atoms with van der Waals surface area (Å²) in [5, 5.41) is 0. The second-order valence-electron chi connectivity index (χ2n) is 4.60. The van der Waals surface area contributed by atoms with Gasteiger partial charge < -0.3 is 0 Å². The molecule has 1 heterocycles. The molecule has 0 saturated carbocycles. The zero-order valence-corrected chi connectivity index (χ0v) is 10.8. The summed E-state index contributed by atoms with van der Waals surface area (Å²) >= 11 is 0. The Labute approximate surface area is 107 Å². The maximum Gasteiger partial charge on any atom is 0.287 e. The highest BCUT2D eigenvalue weighted by molar-refractivity contribution is 5.74. The van der Waals surface area contributed by atoms with Gasteiger partial charge in [-0.25, -0.2) is 9.55 Å². The van der Waals surface area contributed by atoms with Crippen molar-refractivity contribution in [3.05, 3.63) is 54.1 Å². The van der Waals surface area contributed by atoms with E-state index in [4.69, 9.17) is 0 Å². The SMILES string of the molecule is CC[n+]1c(-c2cccc(C)c2)[nH]c2ccccc21. The number of imidazole rings is 1. The number of H-pyrrole nitrogens is 1. The number of fused-ring (bicyclic) bond motifs is 1. The maximum atomic E-state index is 3.52. The molecule has 0 unspecified atom stereocenters. The Morgan fingerprint density at radius 2 is 1.89 bits per heavy atom. The summed E-state index contributed by atoms with van der Waals surface area (Å²) in [5.74, 6) is 1.18. The fourth-order valence-corrected chi connectivity index (χ4v) is 2.48. The predicted molar refractivity (Wildman–Crippen MR) is 74.3 cm³/mol. The van der Waals surface area contributed by atoms with Crippen LogP contribution in [0.5, 0.6) is 0 Å². The van der Waals surface area contributed by atoms with Crippen molar-refractivity contribution in [3.8, 4) is 11.4 Å². The van der Waals surface area contributed by atoms with Gasteiger partial charge in [0.25, 0.3) is 5.82 Å². The number of aromatic amines is 1. The van der Waals surface area contributed by atoms with Crippen molar-refractivity contribution in [2.75, 3.05) is 0 Å². The van der Waals surface area contributed by atoms with E-state index in [1.54, 1.807) is 0 Å². The number of rotatable bonds is 2. The van der Waals surface area contributed by atoms with Gasteiger partial charge in [-0.2, -0.15) is 0 Å². The van der Waals surface area contributed by atoms with E-state index in [1.165, 1.54) is 28.0 Å². The number of para-hydroxylation sites is 2. The minimum Gasteiger partial charge on any atom is -0.236 e. The molecule has 2 aromatic carbocycles. The third kappa shape index (κ3) is 1.70. The molecule has 0 bridgehead atoms. The number of hydrogen-bond acceptors (Lipinski definition) is 0. The second-order valence-corrected chi connectivity index (χ2v) is 4.60. The first-order valence-electron chi connectivity index (χ1n) is 6.37. The Balaban J connectivity index is 2.28. The molecule has 90 valence electrons. The quantitative estimate of drug-likeness (QED) is 0.659. The van der Waals surface area contributed by atoms with Gasteiger partial charge in [0.2, 0.25) is 0 Å². The molecule has 18 heavy (non-hydrogen) atoms. The van der Waals surface area contributed by atoms with E-state index in [9.17, 15) is 0 Å². The van der Waals surface area contributed by atoms with Crippen molar-refractivity contribution >= 4 is 11.0 Å². The van der Waals surface area contributed by atoms with Crippen LogP contribution < -0.4 is 4.57 Å². The van der Waals surface area contributed by atoms with Crippen LogP contribution in [0.4, 0.5) is 0 Å². The smallest absolute Gasteiger partial charge is 0.236 e. The number of aryl methyl sites for hydroxylation is 2. The summed E-state index contributed by atoms with van der Waals surface area (Å²) in [6, 6.07) is 17.1. The molecule has 2 heteroatoms. The van der Waals surface area contributed by atoms with Crippen LogP contribution in [0, 0.1) is 6.92 Å². The summed E-state index contributed by atoms with van der Waals surface area (Å²) in [6.07, 6.45) is 0. The fraction of sp³-hybridized carbons (Fsp3) is 0.188. The molecule has 0 aliphatic heterocycles. The van der Waals surface area contributed by atoms with Crippen LogP contribution in [0.15, 0.2) is 48.5 Å². The van der Waals surface area contributed by atoms with E-state index in [0.29, 0.717) is 0 Å². The van der Waals surface area contributed by atoms with Crippen LogP contribution in [0.2, 0.25) is 0 Å². The van der Waals surface area contributed by atoms with Crippen LogP contribution >= 0.6 is 0 Å². The lowest BCUT2D eigenvalue weighted by atomic mass is 10.1. The van der Waals surface area contributed by atoms with Crippen LogP contribution in [-0.2, 0) is 6.54 Å². The van der Waals surface area contributed by atoms with Crippen molar-refractivity contribution in [2.45, 2.75) is 20.4 Å². The molecular weight excluding hydrogens is 220 g/mol. The second kappa shape index (κ2) is 4.30. The average molecular weight is 237 g/mol. The Kier molecular flexibility index (Phi) is 2.63. The van der Waals surface area contributed by atoms with Crippen molar-refractivity contribution in [3.63, 3.8) is 0 Å². The zero-order chi connectivity index (χ0) is 12.5. The third-order valence-electron chi connectivity index (χ3n) is 3.33. The van der Waals surface area contributed by atoms with Gasteiger partial charge in [-0.1, -0.05) is 29.8 Å². The number of aromatic nitrogens is 2. The van der Waals surface area contributed by atoms with Gasteiger partial charge in [-0.05, 0) is 38.1 Å². The molecule has 1 aromatic heterocycles. The molecule has 0 fully saturated rings.